The lowest BCUT2D eigenvalue weighted by molar-refractivity contribution is -0.276. The van der Waals surface area contributed by atoms with Crippen molar-refractivity contribution in [3.05, 3.63) is 22.9 Å². The number of halogens is 6. The van der Waals surface area contributed by atoms with Crippen molar-refractivity contribution in [1.82, 2.24) is 4.98 Å². The molecular formula is C12H12F6N2O3. The van der Waals surface area contributed by atoms with Crippen molar-refractivity contribution >= 4 is 5.97 Å². The van der Waals surface area contributed by atoms with Gasteiger partial charge in [-0.2, -0.15) is 13.2 Å². The fourth-order valence-corrected chi connectivity index (χ4v) is 1.68. The number of nitrogens with two attached hydrogens (primary N) is 1. The van der Waals surface area contributed by atoms with Gasteiger partial charge in [-0.15, -0.1) is 13.2 Å². The van der Waals surface area contributed by atoms with Gasteiger partial charge in [0.15, 0.2) is 5.69 Å². The number of rotatable bonds is 5. The van der Waals surface area contributed by atoms with Crippen LogP contribution in [0.3, 0.4) is 0 Å². The lowest BCUT2D eigenvalue weighted by Crippen LogP contribution is -2.23. The zero-order valence-electron chi connectivity index (χ0n) is 11.7. The Morgan fingerprint density at radius 1 is 1.22 bits per heavy atom. The maximum Gasteiger partial charge on any atom is 0.574 e. The fourth-order valence-electron chi connectivity index (χ4n) is 1.68. The molecular weight excluding hydrogens is 334 g/mol. The lowest BCUT2D eigenvalue weighted by Gasteiger charge is -2.17. The first-order valence-corrected chi connectivity index (χ1v) is 6.19. The van der Waals surface area contributed by atoms with E-state index in [-0.39, 0.29) is 6.61 Å². The molecule has 1 aromatic rings. The van der Waals surface area contributed by atoms with Gasteiger partial charge in [0.1, 0.15) is 0 Å². The van der Waals surface area contributed by atoms with Gasteiger partial charge in [0.25, 0.3) is 0 Å². The number of nitrogens with zero attached hydrogens (tertiary/aromatic N) is 1. The first-order chi connectivity index (χ1) is 10.5. The van der Waals surface area contributed by atoms with Gasteiger partial charge in [-0.3, -0.25) is 4.79 Å². The molecule has 0 bridgehead atoms. The molecule has 1 heterocycles. The highest BCUT2D eigenvalue weighted by Gasteiger charge is 2.39. The zero-order valence-corrected chi connectivity index (χ0v) is 11.7. The summed E-state index contributed by atoms with van der Waals surface area (Å²) in [7, 11) is 0. The Balaban J connectivity index is 3.38. The molecule has 1 rings (SSSR count). The fraction of sp³-hybridized carbons (Fsp3) is 0.500. The summed E-state index contributed by atoms with van der Waals surface area (Å²) < 4.78 is 83.5. The van der Waals surface area contributed by atoms with E-state index in [9.17, 15) is 31.1 Å². The molecule has 0 atom stereocenters. The second-order valence-electron chi connectivity index (χ2n) is 4.19. The molecule has 23 heavy (non-hydrogen) atoms. The largest absolute Gasteiger partial charge is 0.574 e. The van der Waals surface area contributed by atoms with E-state index < -0.39 is 54.2 Å². The zero-order chi connectivity index (χ0) is 17.8. The molecule has 0 aromatic carbocycles. The molecule has 2 N–H and O–H groups in total. The average Bonchev–Trinajstić information content (AvgIpc) is 2.37. The van der Waals surface area contributed by atoms with Crippen LogP contribution in [-0.4, -0.2) is 23.9 Å². The molecule has 0 aliphatic carbocycles. The summed E-state index contributed by atoms with van der Waals surface area (Å²) in [5, 5.41) is 0. The number of alkyl halides is 6. The smallest absolute Gasteiger partial charge is 0.466 e. The first-order valence-electron chi connectivity index (χ1n) is 6.19. The van der Waals surface area contributed by atoms with Crippen LogP contribution >= 0.6 is 0 Å². The number of pyridine rings is 1. The van der Waals surface area contributed by atoms with E-state index in [0.29, 0.717) is 6.07 Å². The predicted octanol–water partition coefficient (Wildman–Crippen LogP) is 2.56. The van der Waals surface area contributed by atoms with Crippen molar-refractivity contribution in [2.45, 2.75) is 32.4 Å². The van der Waals surface area contributed by atoms with Crippen molar-refractivity contribution in [2.24, 2.45) is 5.73 Å². The summed E-state index contributed by atoms with van der Waals surface area (Å²) in [4.78, 5) is 14.2. The minimum Gasteiger partial charge on any atom is -0.466 e. The van der Waals surface area contributed by atoms with E-state index in [1.807, 2.05) is 0 Å². The van der Waals surface area contributed by atoms with Crippen LogP contribution in [0.15, 0.2) is 6.07 Å². The average molecular weight is 346 g/mol. The monoisotopic (exact) mass is 346 g/mol. The highest BCUT2D eigenvalue weighted by molar-refractivity contribution is 5.73. The third-order valence-corrected chi connectivity index (χ3v) is 2.48. The number of hydrogen-bond donors (Lipinski definition) is 1. The number of carbonyl (C=O) groups is 1. The van der Waals surface area contributed by atoms with Crippen LogP contribution in [0.5, 0.6) is 5.88 Å². The Bertz CT molecular complexity index is 571. The van der Waals surface area contributed by atoms with Crippen molar-refractivity contribution in [3.8, 4) is 5.88 Å². The second-order valence-corrected chi connectivity index (χ2v) is 4.19. The molecule has 0 fully saturated rings. The number of hydrogen-bond acceptors (Lipinski definition) is 5. The van der Waals surface area contributed by atoms with Gasteiger partial charge >= 0.3 is 18.5 Å². The van der Waals surface area contributed by atoms with Crippen molar-refractivity contribution < 1.29 is 40.6 Å². The SMILES string of the molecule is CCOC(=O)Cc1cc(CN)c(C(F)(F)F)nc1OC(F)(F)F. The van der Waals surface area contributed by atoms with E-state index >= 15 is 0 Å². The van der Waals surface area contributed by atoms with Crippen LogP contribution in [0.1, 0.15) is 23.7 Å². The Hall–Kier alpha value is -2.04. The van der Waals surface area contributed by atoms with Gasteiger partial charge in [-0.05, 0) is 18.6 Å². The summed E-state index contributed by atoms with van der Waals surface area (Å²) in [5.41, 5.74) is 2.49. The van der Waals surface area contributed by atoms with Crippen molar-refractivity contribution in [3.63, 3.8) is 0 Å². The summed E-state index contributed by atoms with van der Waals surface area (Å²) in [6.45, 7) is 0.775. The summed E-state index contributed by atoms with van der Waals surface area (Å²) >= 11 is 0. The van der Waals surface area contributed by atoms with E-state index in [1.165, 1.54) is 6.92 Å². The van der Waals surface area contributed by atoms with E-state index in [2.05, 4.69) is 14.5 Å². The second kappa shape index (κ2) is 7.02. The van der Waals surface area contributed by atoms with Crippen LogP contribution in [0.2, 0.25) is 0 Å². The Kier molecular flexibility index (Phi) is 5.81. The van der Waals surface area contributed by atoms with Crippen molar-refractivity contribution in [1.29, 1.82) is 0 Å². The third-order valence-electron chi connectivity index (χ3n) is 2.48. The number of ether oxygens (including phenoxy) is 2. The van der Waals surface area contributed by atoms with Gasteiger partial charge in [0.2, 0.25) is 5.88 Å². The third kappa shape index (κ3) is 5.58. The Morgan fingerprint density at radius 2 is 1.83 bits per heavy atom. The van der Waals surface area contributed by atoms with Gasteiger partial charge in [-0.1, -0.05) is 0 Å². The van der Waals surface area contributed by atoms with Gasteiger partial charge in [-0.25, -0.2) is 4.98 Å². The maximum absolute atomic E-state index is 12.8. The summed E-state index contributed by atoms with van der Waals surface area (Å²) in [6.07, 6.45) is -11.0. The molecule has 130 valence electrons. The quantitative estimate of drug-likeness (QED) is 0.655. The first kappa shape index (κ1) is 19.0. The molecule has 0 saturated heterocycles. The molecule has 0 aliphatic heterocycles. The Labute approximate surface area is 126 Å². The molecule has 0 amide bonds. The number of carbonyl (C=O) groups excluding carboxylic acids is 1. The normalized spacial score (nSPS) is 12.2. The van der Waals surface area contributed by atoms with Crippen LogP contribution in [0.25, 0.3) is 0 Å². The highest BCUT2D eigenvalue weighted by atomic mass is 19.4. The summed E-state index contributed by atoms with van der Waals surface area (Å²) in [5.74, 6) is -2.31. The minimum absolute atomic E-state index is 0.0495. The standard InChI is InChI=1S/C12H12F6N2O3/c1-2-22-8(21)4-6-3-7(5-19)9(11(13,14)15)20-10(6)23-12(16,17)18/h3H,2,4-5,19H2,1H3. The molecule has 0 radical (unpaired) electrons. The molecule has 0 saturated carbocycles. The molecule has 1 aromatic heterocycles. The molecule has 0 unspecified atom stereocenters. The Morgan fingerprint density at radius 3 is 2.26 bits per heavy atom. The number of esters is 1. The van der Waals surface area contributed by atoms with E-state index in [4.69, 9.17) is 5.73 Å². The lowest BCUT2D eigenvalue weighted by atomic mass is 10.1. The molecule has 5 nitrogen and oxygen atoms in total. The van der Waals surface area contributed by atoms with Gasteiger partial charge < -0.3 is 15.2 Å². The molecule has 11 heteroatoms. The van der Waals surface area contributed by atoms with E-state index in [0.717, 1.165) is 0 Å². The van der Waals surface area contributed by atoms with E-state index in [1.54, 1.807) is 0 Å². The number of aromatic nitrogens is 1. The highest BCUT2D eigenvalue weighted by Crippen LogP contribution is 2.35. The van der Waals surface area contributed by atoms with Crippen LogP contribution in [0.4, 0.5) is 26.3 Å². The minimum atomic E-state index is -5.27. The van der Waals surface area contributed by atoms with Gasteiger partial charge in [0, 0.05) is 12.1 Å². The maximum atomic E-state index is 12.8. The van der Waals surface area contributed by atoms with Gasteiger partial charge in [0.05, 0.1) is 13.0 Å². The topological polar surface area (TPSA) is 74.4 Å². The van der Waals surface area contributed by atoms with Crippen molar-refractivity contribution in [2.75, 3.05) is 6.61 Å². The van der Waals surface area contributed by atoms with Crippen LogP contribution in [-0.2, 0) is 28.7 Å². The summed E-state index contributed by atoms with van der Waals surface area (Å²) in [6, 6.07) is 0.702. The predicted molar refractivity (Wildman–Crippen MR) is 64.2 cm³/mol. The van der Waals surface area contributed by atoms with Crippen LogP contribution < -0.4 is 10.5 Å². The molecule has 0 spiro atoms. The molecule has 0 aliphatic rings. The van der Waals surface area contributed by atoms with Crippen LogP contribution in [0, 0.1) is 0 Å².